The van der Waals surface area contributed by atoms with Gasteiger partial charge in [0, 0.05) is 11.9 Å². The first-order valence-electron chi connectivity index (χ1n) is 5.45. The van der Waals surface area contributed by atoms with Gasteiger partial charge in [-0.2, -0.15) is 13.2 Å². The predicted molar refractivity (Wildman–Crippen MR) is 68.5 cm³/mol. The summed E-state index contributed by atoms with van der Waals surface area (Å²) in [7, 11) is 0. The highest BCUT2D eigenvalue weighted by atomic mass is 35.5. The molecule has 20 heavy (non-hydrogen) atoms. The summed E-state index contributed by atoms with van der Waals surface area (Å²) in [6.07, 6.45) is -2.19. The van der Waals surface area contributed by atoms with Gasteiger partial charge in [-0.3, -0.25) is 4.57 Å². The molecule has 0 aliphatic heterocycles. The van der Waals surface area contributed by atoms with Crippen molar-refractivity contribution in [3.8, 4) is 0 Å². The minimum absolute atomic E-state index is 0.00218. The second-order valence-electron chi connectivity index (χ2n) is 4.10. The highest BCUT2D eigenvalue weighted by Gasteiger charge is 2.33. The second kappa shape index (κ2) is 5.16. The smallest absolute Gasteiger partial charge is 0.399 e. The summed E-state index contributed by atoms with van der Waals surface area (Å²) < 4.78 is 39.8. The normalized spacial score (nSPS) is 11.6. The van der Waals surface area contributed by atoms with E-state index >= 15 is 0 Å². The van der Waals surface area contributed by atoms with E-state index in [1.165, 1.54) is 18.3 Å². The van der Waals surface area contributed by atoms with Crippen LogP contribution in [-0.2, 0) is 12.7 Å². The molecule has 0 fully saturated rings. The first-order chi connectivity index (χ1) is 9.27. The summed E-state index contributed by atoms with van der Waals surface area (Å²) in [5, 5.41) is 0.161. The van der Waals surface area contributed by atoms with Crippen LogP contribution < -0.4 is 11.4 Å². The second-order valence-corrected chi connectivity index (χ2v) is 4.53. The Kier molecular flexibility index (Phi) is 3.71. The van der Waals surface area contributed by atoms with E-state index < -0.39 is 17.4 Å². The van der Waals surface area contributed by atoms with Gasteiger partial charge in [-0.15, -0.1) is 0 Å². The summed E-state index contributed by atoms with van der Waals surface area (Å²) in [5.74, 6) is 0. The van der Waals surface area contributed by atoms with E-state index in [-0.39, 0.29) is 22.8 Å². The van der Waals surface area contributed by atoms with E-state index in [0.29, 0.717) is 0 Å². The molecular weight excluding hydrogens is 295 g/mol. The van der Waals surface area contributed by atoms with Crippen molar-refractivity contribution in [3.63, 3.8) is 0 Å². The molecule has 0 saturated carbocycles. The Morgan fingerprint density at radius 1 is 1.35 bits per heavy atom. The summed E-state index contributed by atoms with van der Waals surface area (Å²) in [6, 6.07) is 3.40. The van der Waals surface area contributed by atoms with Crippen molar-refractivity contribution in [1.82, 2.24) is 9.55 Å². The Balaban J connectivity index is 2.49. The van der Waals surface area contributed by atoms with Crippen molar-refractivity contribution in [2.24, 2.45) is 0 Å². The van der Waals surface area contributed by atoms with Crippen LogP contribution in [0.3, 0.4) is 0 Å². The number of benzene rings is 1. The van der Waals surface area contributed by atoms with Crippen molar-refractivity contribution in [1.29, 1.82) is 0 Å². The molecule has 0 amide bonds. The van der Waals surface area contributed by atoms with Crippen LogP contribution in [0.1, 0.15) is 11.1 Å². The number of nitrogens with two attached hydrogens (primary N) is 1. The van der Waals surface area contributed by atoms with E-state index in [1.54, 1.807) is 0 Å². The third kappa shape index (κ3) is 3.11. The maximum Gasteiger partial charge on any atom is 0.416 e. The van der Waals surface area contributed by atoms with Gasteiger partial charge in [-0.1, -0.05) is 17.7 Å². The van der Waals surface area contributed by atoms with Crippen LogP contribution in [0.2, 0.25) is 5.02 Å². The van der Waals surface area contributed by atoms with Gasteiger partial charge in [0.2, 0.25) is 0 Å². The van der Waals surface area contributed by atoms with Crippen molar-refractivity contribution >= 4 is 17.3 Å². The molecule has 1 aromatic carbocycles. The summed E-state index contributed by atoms with van der Waals surface area (Å²) in [4.78, 5) is 14.9. The van der Waals surface area contributed by atoms with Crippen LogP contribution in [0.15, 0.2) is 35.4 Å². The molecular formula is C12H9ClF3N3O. The number of aromatic nitrogens is 2. The Morgan fingerprint density at radius 2 is 2.05 bits per heavy atom. The summed E-state index contributed by atoms with van der Waals surface area (Å²) >= 11 is 5.67. The zero-order valence-corrected chi connectivity index (χ0v) is 10.7. The number of nitrogens with zero attached hydrogens (tertiary/aromatic N) is 2. The molecule has 0 radical (unpaired) electrons. The van der Waals surface area contributed by atoms with Gasteiger partial charge in [0.05, 0.1) is 23.3 Å². The van der Waals surface area contributed by atoms with E-state index in [2.05, 4.69) is 4.98 Å². The zero-order chi connectivity index (χ0) is 14.9. The van der Waals surface area contributed by atoms with Crippen LogP contribution in [0, 0.1) is 0 Å². The van der Waals surface area contributed by atoms with Crippen LogP contribution in [-0.4, -0.2) is 9.55 Å². The first-order valence-corrected chi connectivity index (χ1v) is 5.83. The van der Waals surface area contributed by atoms with E-state index in [0.717, 1.165) is 16.8 Å². The molecule has 2 aromatic rings. The average molecular weight is 304 g/mol. The lowest BCUT2D eigenvalue weighted by atomic mass is 10.1. The van der Waals surface area contributed by atoms with Crippen LogP contribution in [0.5, 0.6) is 0 Å². The van der Waals surface area contributed by atoms with Gasteiger partial charge in [-0.25, -0.2) is 9.78 Å². The molecule has 1 aromatic heterocycles. The summed E-state index contributed by atoms with van der Waals surface area (Å²) in [5.41, 5.74) is 3.72. The van der Waals surface area contributed by atoms with Crippen LogP contribution in [0.4, 0.5) is 18.9 Å². The topological polar surface area (TPSA) is 60.9 Å². The Labute approximate surface area is 116 Å². The van der Waals surface area contributed by atoms with Crippen LogP contribution in [0.25, 0.3) is 0 Å². The SMILES string of the molecule is Nc1ccc(Cn2cc(Cl)cnc2=O)c(C(F)(F)F)c1. The fourth-order valence-corrected chi connectivity index (χ4v) is 1.89. The Morgan fingerprint density at radius 3 is 2.70 bits per heavy atom. The monoisotopic (exact) mass is 303 g/mol. The highest BCUT2D eigenvalue weighted by molar-refractivity contribution is 6.30. The molecule has 2 rings (SSSR count). The fraction of sp³-hybridized carbons (Fsp3) is 0.167. The molecule has 0 saturated heterocycles. The van der Waals surface area contributed by atoms with Crippen molar-refractivity contribution in [2.45, 2.75) is 12.7 Å². The van der Waals surface area contributed by atoms with Crippen molar-refractivity contribution in [3.05, 3.63) is 57.2 Å². The molecule has 0 bridgehead atoms. The van der Waals surface area contributed by atoms with Gasteiger partial charge < -0.3 is 5.73 Å². The molecule has 0 unspecified atom stereocenters. The zero-order valence-electron chi connectivity index (χ0n) is 9.99. The lowest BCUT2D eigenvalue weighted by Crippen LogP contribution is -2.24. The third-order valence-corrected chi connectivity index (χ3v) is 2.80. The molecule has 1 heterocycles. The van der Waals surface area contributed by atoms with Crippen molar-refractivity contribution < 1.29 is 13.2 Å². The number of rotatable bonds is 2. The van der Waals surface area contributed by atoms with Crippen molar-refractivity contribution in [2.75, 3.05) is 5.73 Å². The quantitative estimate of drug-likeness (QED) is 0.867. The summed E-state index contributed by atoms with van der Waals surface area (Å²) in [6.45, 7) is -0.290. The van der Waals surface area contributed by atoms with Crippen LogP contribution >= 0.6 is 11.6 Å². The fourth-order valence-electron chi connectivity index (χ4n) is 1.72. The Bertz CT molecular complexity index is 697. The van der Waals surface area contributed by atoms with Gasteiger partial charge in [0.15, 0.2) is 0 Å². The number of nitrogen functional groups attached to an aromatic ring is 1. The maximum atomic E-state index is 12.9. The lowest BCUT2D eigenvalue weighted by Gasteiger charge is -2.14. The molecule has 0 atom stereocenters. The van der Waals surface area contributed by atoms with E-state index in [9.17, 15) is 18.0 Å². The first kappa shape index (κ1) is 14.4. The number of hydrogen-bond acceptors (Lipinski definition) is 3. The Hall–Kier alpha value is -2.02. The minimum atomic E-state index is -4.56. The molecule has 0 spiro atoms. The molecule has 2 N–H and O–H groups in total. The number of halogens is 4. The number of anilines is 1. The number of alkyl halides is 3. The van der Waals surface area contributed by atoms with E-state index in [4.69, 9.17) is 17.3 Å². The largest absolute Gasteiger partial charge is 0.416 e. The third-order valence-electron chi connectivity index (χ3n) is 2.60. The van der Waals surface area contributed by atoms with Gasteiger partial charge in [-0.05, 0) is 17.7 Å². The number of hydrogen-bond donors (Lipinski definition) is 1. The molecule has 8 heteroatoms. The maximum absolute atomic E-state index is 12.9. The van der Waals surface area contributed by atoms with E-state index in [1.807, 2.05) is 0 Å². The minimum Gasteiger partial charge on any atom is -0.399 e. The molecule has 0 aliphatic carbocycles. The standard InChI is InChI=1S/C12H9ClF3N3O/c13-8-4-18-11(20)19(6-8)5-7-1-2-9(17)3-10(7)12(14,15)16/h1-4,6H,5,17H2. The molecule has 0 aliphatic rings. The van der Waals surface area contributed by atoms with Gasteiger partial charge in [0.1, 0.15) is 0 Å². The lowest BCUT2D eigenvalue weighted by molar-refractivity contribution is -0.138. The molecule has 106 valence electrons. The predicted octanol–water partition coefficient (Wildman–Crippen LogP) is 2.55. The highest BCUT2D eigenvalue weighted by Crippen LogP contribution is 2.33. The van der Waals surface area contributed by atoms with Gasteiger partial charge >= 0.3 is 11.9 Å². The van der Waals surface area contributed by atoms with Gasteiger partial charge in [0.25, 0.3) is 0 Å². The molecule has 4 nitrogen and oxygen atoms in total. The average Bonchev–Trinajstić information content (AvgIpc) is 2.34.